The SMILES string of the molecule is COc1ccc(Cn2cc(B3OC(C)(C)C(C)(C)O3)cc(F)c2=O)cc1F. The molecule has 0 atom stereocenters. The minimum Gasteiger partial charge on any atom is -0.494 e. The van der Waals surface area contributed by atoms with E-state index in [0.29, 0.717) is 11.0 Å². The van der Waals surface area contributed by atoms with Gasteiger partial charge in [0.15, 0.2) is 17.4 Å². The minimum atomic E-state index is -0.920. The van der Waals surface area contributed by atoms with Gasteiger partial charge >= 0.3 is 7.12 Å². The monoisotopic (exact) mass is 377 g/mol. The van der Waals surface area contributed by atoms with E-state index in [1.165, 1.54) is 30.0 Å². The number of rotatable bonds is 4. The Balaban J connectivity index is 1.94. The molecule has 0 amide bonds. The van der Waals surface area contributed by atoms with E-state index in [4.69, 9.17) is 14.0 Å². The molecule has 1 aliphatic heterocycles. The summed E-state index contributed by atoms with van der Waals surface area (Å²) in [6, 6.07) is 5.46. The number of halogens is 2. The Morgan fingerprint density at radius 3 is 2.26 bits per heavy atom. The van der Waals surface area contributed by atoms with Gasteiger partial charge in [-0.2, -0.15) is 0 Å². The maximum Gasteiger partial charge on any atom is 0.496 e. The second-order valence-corrected chi connectivity index (χ2v) is 7.61. The summed E-state index contributed by atoms with van der Waals surface area (Å²) in [5, 5.41) is 0. The number of benzene rings is 1. The lowest BCUT2D eigenvalue weighted by Crippen LogP contribution is -2.41. The van der Waals surface area contributed by atoms with E-state index in [1.807, 2.05) is 27.7 Å². The first-order valence-electron chi connectivity index (χ1n) is 8.62. The number of hydrogen-bond donors (Lipinski definition) is 0. The average molecular weight is 377 g/mol. The molecule has 0 unspecified atom stereocenters. The van der Waals surface area contributed by atoms with E-state index in [0.717, 1.165) is 6.07 Å². The van der Waals surface area contributed by atoms with Crippen LogP contribution < -0.4 is 15.8 Å². The largest absolute Gasteiger partial charge is 0.496 e. The van der Waals surface area contributed by atoms with Crippen molar-refractivity contribution in [1.29, 1.82) is 0 Å². The van der Waals surface area contributed by atoms with Crippen LogP contribution in [0.2, 0.25) is 0 Å². The number of aromatic nitrogens is 1. The highest BCUT2D eigenvalue weighted by atomic mass is 19.1. The molecule has 1 saturated heterocycles. The molecule has 0 spiro atoms. The van der Waals surface area contributed by atoms with E-state index >= 15 is 0 Å². The number of methoxy groups -OCH3 is 1. The lowest BCUT2D eigenvalue weighted by atomic mass is 9.80. The summed E-state index contributed by atoms with van der Waals surface area (Å²) in [5.74, 6) is -1.37. The average Bonchev–Trinajstić information content (AvgIpc) is 2.79. The summed E-state index contributed by atoms with van der Waals surface area (Å²) in [4.78, 5) is 12.2. The fourth-order valence-corrected chi connectivity index (χ4v) is 2.85. The Hall–Kier alpha value is -2.19. The number of hydrogen-bond acceptors (Lipinski definition) is 4. The van der Waals surface area contributed by atoms with Gasteiger partial charge in [-0.15, -0.1) is 0 Å². The zero-order chi connectivity index (χ0) is 20.0. The third-order valence-electron chi connectivity index (χ3n) is 5.16. The maximum atomic E-state index is 14.2. The molecule has 1 aliphatic rings. The predicted molar refractivity (Wildman–Crippen MR) is 98.4 cm³/mol. The minimum absolute atomic E-state index is 0.00398. The molecular formula is C19H22BF2NO4. The van der Waals surface area contributed by atoms with Crippen molar-refractivity contribution in [3.63, 3.8) is 0 Å². The second-order valence-electron chi connectivity index (χ2n) is 7.61. The molecule has 0 saturated carbocycles. The van der Waals surface area contributed by atoms with Crippen molar-refractivity contribution in [2.75, 3.05) is 7.11 Å². The van der Waals surface area contributed by atoms with Gasteiger partial charge in [0.2, 0.25) is 0 Å². The van der Waals surface area contributed by atoms with Crippen molar-refractivity contribution >= 4 is 12.6 Å². The molecule has 1 aromatic heterocycles. The van der Waals surface area contributed by atoms with Crippen molar-refractivity contribution in [3.05, 3.63) is 58.0 Å². The van der Waals surface area contributed by atoms with Crippen LogP contribution in [0.3, 0.4) is 0 Å². The van der Waals surface area contributed by atoms with Gasteiger partial charge in [-0.05, 0) is 51.5 Å². The summed E-state index contributed by atoms with van der Waals surface area (Å²) in [5.41, 5.74) is -1.09. The van der Waals surface area contributed by atoms with E-state index in [1.54, 1.807) is 6.07 Å². The van der Waals surface area contributed by atoms with Crippen molar-refractivity contribution < 1.29 is 22.8 Å². The van der Waals surface area contributed by atoms with Crippen LogP contribution in [0.4, 0.5) is 8.78 Å². The molecule has 1 fully saturated rings. The topological polar surface area (TPSA) is 49.7 Å². The maximum absolute atomic E-state index is 14.2. The van der Waals surface area contributed by atoms with Crippen LogP contribution in [0.1, 0.15) is 33.3 Å². The van der Waals surface area contributed by atoms with Gasteiger partial charge in [-0.1, -0.05) is 6.07 Å². The number of nitrogens with zero attached hydrogens (tertiary/aromatic N) is 1. The zero-order valence-electron chi connectivity index (χ0n) is 16.0. The van der Waals surface area contributed by atoms with Crippen LogP contribution in [0.5, 0.6) is 5.75 Å². The van der Waals surface area contributed by atoms with Gasteiger partial charge in [0.25, 0.3) is 5.56 Å². The standard InChI is InChI=1S/C19H22BF2NO4/c1-18(2)19(3,4)27-20(26-18)13-9-15(22)17(24)23(11-13)10-12-6-7-16(25-5)14(21)8-12/h6-9,11H,10H2,1-5H3. The van der Waals surface area contributed by atoms with Crippen LogP contribution in [0.25, 0.3) is 0 Å². The quantitative estimate of drug-likeness (QED) is 0.769. The van der Waals surface area contributed by atoms with Crippen LogP contribution >= 0.6 is 0 Å². The Kier molecular flexibility index (Phi) is 4.90. The summed E-state index contributed by atoms with van der Waals surface area (Å²) < 4.78 is 46.0. The third kappa shape index (κ3) is 3.64. The summed E-state index contributed by atoms with van der Waals surface area (Å²) >= 11 is 0. The lowest BCUT2D eigenvalue weighted by Gasteiger charge is -2.32. The van der Waals surface area contributed by atoms with Gasteiger partial charge in [-0.25, -0.2) is 8.78 Å². The van der Waals surface area contributed by atoms with Crippen molar-refractivity contribution in [2.24, 2.45) is 0 Å². The smallest absolute Gasteiger partial charge is 0.494 e. The van der Waals surface area contributed by atoms with E-state index in [-0.39, 0.29) is 12.3 Å². The van der Waals surface area contributed by atoms with Crippen LogP contribution in [-0.4, -0.2) is 30.0 Å². The molecule has 0 N–H and O–H groups in total. The lowest BCUT2D eigenvalue weighted by molar-refractivity contribution is 0.00578. The van der Waals surface area contributed by atoms with Gasteiger partial charge in [0.05, 0.1) is 24.9 Å². The first kappa shape index (κ1) is 19.6. The van der Waals surface area contributed by atoms with Crippen molar-refractivity contribution in [1.82, 2.24) is 4.57 Å². The van der Waals surface area contributed by atoms with Gasteiger partial charge in [0, 0.05) is 11.7 Å². The van der Waals surface area contributed by atoms with E-state index < -0.39 is 35.5 Å². The van der Waals surface area contributed by atoms with Crippen molar-refractivity contribution in [2.45, 2.75) is 45.4 Å². The highest BCUT2D eigenvalue weighted by Crippen LogP contribution is 2.36. The highest BCUT2D eigenvalue weighted by molar-refractivity contribution is 6.62. The van der Waals surface area contributed by atoms with Crippen molar-refractivity contribution in [3.8, 4) is 5.75 Å². The second kappa shape index (κ2) is 6.76. The summed E-state index contributed by atoms with van der Waals surface area (Å²) in [6.07, 6.45) is 1.48. The van der Waals surface area contributed by atoms with Crippen LogP contribution in [-0.2, 0) is 15.9 Å². The summed E-state index contributed by atoms with van der Waals surface area (Å²) in [7, 11) is 0.565. The molecule has 0 radical (unpaired) electrons. The zero-order valence-corrected chi connectivity index (χ0v) is 16.0. The first-order valence-corrected chi connectivity index (χ1v) is 8.62. The molecule has 2 aromatic rings. The molecule has 1 aromatic carbocycles. The Bertz CT molecular complexity index is 910. The van der Waals surface area contributed by atoms with E-state index in [2.05, 4.69) is 0 Å². The van der Waals surface area contributed by atoms with Gasteiger partial charge in [0.1, 0.15) is 0 Å². The Morgan fingerprint density at radius 2 is 1.70 bits per heavy atom. The fraction of sp³-hybridized carbons (Fsp3) is 0.421. The molecule has 5 nitrogen and oxygen atoms in total. The number of ether oxygens (including phenoxy) is 1. The van der Waals surface area contributed by atoms with Crippen LogP contribution in [0, 0.1) is 11.6 Å². The fourth-order valence-electron chi connectivity index (χ4n) is 2.85. The molecule has 8 heteroatoms. The van der Waals surface area contributed by atoms with E-state index in [9.17, 15) is 13.6 Å². The molecule has 144 valence electrons. The molecule has 3 rings (SSSR count). The Morgan fingerprint density at radius 1 is 1.07 bits per heavy atom. The van der Waals surface area contributed by atoms with Crippen LogP contribution in [0.15, 0.2) is 35.3 Å². The third-order valence-corrected chi connectivity index (χ3v) is 5.16. The predicted octanol–water partition coefficient (Wildman–Crippen LogP) is 2.48. The molecular weight excluding hydrogens is 355 g/mol. The molecule has 2 heterocycles. The summed E-state index contributed by atoms with van der Waals surface area (Å²) in [6.45, 7) is 7.56. The van der Waals surface area contributed by atoms with Gasteiger partial charge in [-0.3, -0.25) is 4.79 Å². The first-order chi connectivity index (χ1) is 12.5. The molecule has 0 bridgehead atoms. The Labute approximate surface area is 157 Å². The molecule has 0 aliphatic carbocycles. The highest BCUT2D eigenvalue weighted by Gasteiger charge is 2.52. The number of pyridine rings is 1. The van der Waals surface area contributed by atoms with Gasteiger partial charge < -0.3 is 18.6 Å². The molecule has 27 heavy (non-hydrogen) atoms. The normalized spacial score (nSPS) is 18.0.